The second-order valence-electron chi connectivity index (χ2n) is 12.4. The third-order valence-corrected chi connectivity index (χ3v) is 9.75. The molecule has 0 saturated heterocycles. The summed E-state index contributed by atoms with van der Waals surface area (Å²) in [5.74, 6) is -2.22. The van der Waals surface area contributed by atoms with E-state index in [0.29, 0.717) is 18.4 Å². The molecule has 2 saturated carbocycles. The van der Waals surface area contributed by atoms with Gasteiger partial charge in [0.05, 0.1) is 6.10 Å². The van der Waals surface area contributed by atoms with Crippen LogP contribution in [0.3, 0.4) is 0 Å². The summed E-state index contributed by atoms with van der Waals surface area (Å²) < 4.78 is 29.5. The fraction of sp³-hybridized carbons (Fsp3) is 0.581. The maximum atomic E-state index is 13.4. The number of nitrogens with zero attached hydrogens (tertiary/aromatic N) is 1. The smallest absolute Gasteiger partial charge is 0.345 e. The van der Waals surface area contributed by atoms with Crippen molar-refractivity contribution in [1.29, 1.82) is 0 Å². The molecule has 5 rings (SSSR count). The van der Waals surface area contributed by atoms with Crippen molar-refractivity contribution in [2.24, 2.45) is 22.7 Å². The Hall–Kier alpha value is -3.73. The number of carbonyl (C=O) groups excluding carboxylic acids is 3. The van der Waals surface area contributed by atoms with Gasteiger partial charge in [-0.2, -0.15) is 0 Å². The van der Waals surface area contributed by atoms with Gasteiger partial charge in [0.2, 0.25) is 0 Å². The number of ether oxygens (including phenoxy) is 4. The third kappa shape index (κ3) is 4.77. The van der Waals surface area contributed by atoms with Crippen molar-refractivity contribution in [2.45, 2.75) is 84.7 Å². The molecule has 11 nitrogen and oxygen atoms in total. The molecule has 2 fully saturated rings. The molecule has 1 aliphatic heterocycles. The maximum Gasteiger partial charge on any atom is 0.345 e. The van der Waals surface area contributed by atoms with Crippen molar-refractivity contribution >= 4 is 17.9 Å². The Bertz CT molecular complexity index is 1460. The van der Waals surface area contributed by atoms with Crippen molar-refractivity contribution < 1.29 is 42.9 Å². The fourth-order valence-corrected chi connectivity index (χ4v) is 8.05. The molecule has 226 valence electrons. The quantitative estimate of drug-likeness (QED) is 0.405. The number of rotatable bonds is 5. The largest absolute Gasteiger partial charge is 0.482 e. The van der Waals surface area contributed by atoms with Crippen LogP contribution in [0.5, 0.6) is 5.75 Å². The summed E-state index contributed by atoms with van der Waals surface area (Å²) in [5.41, 5.74) is -3.03. The number of pyridine rings is 1. The number of hydrogen-bond donors (Lipinski definition) is 1. The molecule has 3 aliphatic rings. The Morgan fingerprint density at radius 3 is 2.29 bits per heavy atom. The Balaban J connectivity index is 1.66. The summed E-state index contributed by atoms with van der Waals surface area (Å²) in [4.78, 5) is 53.9. The zero-order chi connectivity index (χ0) is 30.6. The molecule has 0 amide bonds. The van der Waals surface area contributed by atoms with Crippen LogP contribution in [0.15, 0.2) is 39.8 Å². The number of carbonyl (C=O) groups is 3. The van der Waals surface area contributed by atoms with Crippen LogP contribution in [0.2, 0.25) is 0 Å². The second kappa shape index (κ2) is 10.5. The van der Waals surface area contributed by atoms with Gasteiger partial charge >= 0.3 is 23.5 Å². The first-order valence-corrected chi connectivity index (χ1v) is 14.1. The monoisotopic (exact) mass is 583 g/mol. The van der Waals surface area contributed by atoms with E-state index >= 15 is 0 Å². The van der Waals surface area contributed by atoms with E-state index in [1.165, 1.54) is 20.8 Å². The number of aliphatic hydroxyl groups excluding tert-OH is 1. The summed E-state index contributed by atoms with van der Waals surface area (Å²) in [5, 5.41) is 12.1. The molecular weight excluding hydrogens is 546 g/mol. The van der Waals surface area contributed by atoms with Gasteiger partial charge in [-0.25, -0.2) is 4.79 Å². The van der Waals surface area contributed by atoms with Gasteiger partial charge < -0.3 is 28.5 Å². The summed E-state index contributed by atoms with van der Waals surface area (Å²) in [6.07, 6.45) is 1.54. The van der Waals surface area contributed by atoms with Gasteiger partial charge in [0.25, 0.3) is 0 Å². The van der Waals surface area contributed by atoms with Crippen molar-refractivity contribution in [1.82, 2.24) is 4.98 Å². The molecule has 0 bridgehead atoms. The predicted octanol–water partition coefficient (Wildman–Crippen LogP) is 3.76. The molecule has 2 aliphatic carbocycles. The van der Waals surface area contributed by atoms with Crippen LogP contribution in [0.1, 0.15) is 72.5 Å². The highest BCUT2D eigenvalue weighted by Gasteiger charge is 2.70. The van der Waals surface area contributed by atoms with E-state index in [2.05, 4.69) is 4.98 Å². The predicted molar refractivity (Wildman–Crippen MR) is 147 cm³/mol. The summed E-state index contributed by atoms with van der Waals surface area (Å²) in [6, 6.07) is 4.94. The van der Waals surface area contributed by atoms with Crippen LogP contribution in [0, 0.1) is 22.7 Å². The first-order chi connectivity index (χ1) is 19.7. The SMILES string of the molecule is CC(=O)OC[C@@]1(C)[C@@H]2C[C@H](OC(C)=O)[C@@]3(C)Oc4cc(-c5ccncc5)oc(=O)c4[C@H](O)[C@@H]3[C@@]2(C)CC[C@@H]1OC(C)=O. The van der Waals surface area contributed by atoms with E-state index in [-0.39, 0.29) is 36.0 Å². The number of hydrogen-bond acceptors (Lipinski definition) is 11. The molecule has 8 atom stereocenters. The van der Waals surface area contributed by atoms with Gasteiger partial charge in [0.1, 0.15) is 41.5 Å². The van der Waals surface area contributed by atoms with E-state index in [1.807, 2.05) is 13.8 Å². The Kier molecular flexibility index (Phi) is 7.45. The molecule has 0 spiro atoms. The van der Waals surface area contributed by atoms with Crippen LogP contribution >= 0.6 is 0 Å². The molecule has 0 aromatic carbocycles. The molecule has 11 heteroatoms. The van der Waals surface area contributed by atoms with Gasteiger partial charge in [-0.1, -0.05) is 13.8 Å². The van der Waals surface area contributed by atoms with Gasteiger partial charge in [-0.3, -0.25) is 19.4 Å². The van der Waals surface area contributed by atoms with E-state index in [9.17, 15) is 24.3 Å². The highest BCUT2D eigenvalue weighted by atomic mass is 16.6. The van der Waals surface area contributed by atoms with E-state index in [0.717, 1.165) is 0 Å². The first-order valence-electron chi connectivity index (χ1n) is 14.1. The lowest BCUT2D eigenvalue weighted by molar-refractivity contribution is -0.270. The van der Waals surface area contributed by atoms with Gasteiger partial charge in [0.15, 0.2) is 0 Å². The second-order valence-corrected chi connectivity index (χ2v) is 12.4. The normalized spacial score (nSPS) is 35.0. The highest BCUT2D eigenvalue weighted by molar-refractivity contribution is 5.67. The van der Waals surface area contributed by atoms with Crippen molar-refractivity contribution in [3.63, 3.8) is 0 Å². The molecule has 2 aromatic rings. The van der Waals surface area contributed by atoms with Crippen LogP contribution < -0.4 is 10.4 Å². The lowest BCUT2D eigenvalue weighted by atomic mass is 9.42. The third-order valence-electron chi connectivity index (χ3n) is 9.75. The zero-order valence-corrected chi connectivity index (χ0v) is 24.7. The van der Waals surface area contributed by atoms with Gasteiger partial charge in [-0.15, -0.1) is 0 Å². The summed E-state index contributed by atoms with van der Waals surface area (Å²) in [6.45, 7) is 9.57. The molecule has 0 radical (unpaired) electrons. The Morgan fingerprint density at radius 1 is 1.02 bits per heavy atom. The average Bonchev–Trinajstić information content (AvgIpc) is 2.90. The number of aromatic nitrogens is 1. The molecular formula is C31H37NO10. The van der Waals surface area contributed by atoms with E-state index in [1.54, 1.807) is 37.5 Å². The minimum absolute atomic E-state index is 0.0115. The minimum Gasteiger partial charge on any atom is -0.482 e. The topological polar surface area (TPSA) is 151 Å². The summed E-state index contributed by atoms with van der Waals surface area (Å²) in [7, 11) is 0. The molecule has 3 heterocycles. The number of esters is 3. The lowest BCUT2D eigenvalue weighted by Gasteiger charge is -2.66. The van der Waals surface area contributed by atoms with Crippen LogP contribution in [0.4, 0.5) is 0 Å². The molecule has 1 N–H and O–H groups in total. The molecule has 42 heavy (non-hydrogen) atoms. The number of aliphatic hydroxyl groups is 1. The standard InChI is InChI=1S/C31H37NO10/c1-16(33)38-15-30(5)22-14-24(40-18(3)35)31(6)27(29(22,4)10-7-23(30)39-17(2)34)26(36)25-21(42-31)13-20(41-28(25)37)19-8-11-32-12-9-19/h8-9,11-13,22-24,26-27,36H,7,10,14-15H2,1-6H3/t22-,23+,24+,26+,27-,29+,30+,31-/m1/s1. The van der Waals surface area contributed by atoms with Gasteiger partial charge in [0, 0.05) is 56.1 Å². The minimum atomic E-state index is -1.34. The van der Waals surface area contributed by atoms with Crippen molar-refractivity contribution in [2.75, 3.05) is 6.61 Å². The van der Waals surface area contributed by atoms with Crippen molar-refractivity contribution in [3.8, 4) is 17.1 Å². The Labute approximate surface area is 243 Å². The van der Waals surface area contributed by atoms with Crippen LogP contribution in [-0.2, 0) is 28.6 Å². The van der Waals surface area contributed by atoms with Crippen LogP contribution in [0.25, 0.3) is 11.3 Å². The Morgan fingerprint density at radius 2 is 1.67 bits per heavy atom. The van der Waals surface area contributed by atoms with Crippen molar-refractivity contribution in [3.05, 3.63) is 46.6 Å². The van der Waals surface area contributed by atoms with E-state index in [4.69, 9.17) is 23.4 Å². The lowest BCUT2D eigenvalue weighted by Crippen LogP contribution is -2.71. The van der Waals surface area contributed by atoms with E-state index < -0.39 is 64.2 Å². The average molecular weight is 584 g/mol. The molecule has 0 unspecified atom stereocenters. The van der Waals surface area contributed by atoms with Crippen LogP contribution in [-0.4, -0.2) is 52.4 Å². The molecule has 2 aromatic heterocycles. The maximum absolute atomic E-state index is 13.4. The first kappa shape index (κ1) is 29.8. The van der Waals surface area contributed by atoms with Gasteiger partial charge in [-0.05, 0) is 49.7 Å². The fourth-order valence-electron chi connectivity index (χ4n) is 8.05. The number of fused-ring (bicyclic) bond motifs is 4. The zero-order valence-electron chi connectivity index (χ0n) is 24.7. The highest BCUT2D eigenvalue weighted by Crippen LogP contribution is 2.67. The summed E-state index contributed by atoms with van der Waals surface area (Å²) >= 11 is 0.